The Hall–Kier alpha value is -2.68. The molecule has 0 unspecified atom stereocenters. The number of hydrogen-bond donors (Lipinski definition) is 2. The number of nitro groups is 1. The number of nitrogens with one attached hydrogen (secondary N) is 2. The second kappa shape index (κ2) is 6.61. The Labute approximate surface area is 134 Å². The maximum atomic E-state index is 13.0. The zero-order valence-electron chi connectivity index (χ0n) is 11.4. The van der Waals surface area contributed by atoms with E-state index in [9.17, 15) is 23.3 Å². The molecule has 0 radical (unpaired) electrons. The Balaban J connectivity index is 2.25. The van der Waals surface area contributed by atoms with E-state index in [4.69, 9.17) is 12.2 Å². The molecule has 0 spiro atoms. The van der Waals surface area contributed by atoms with E-state index in [1.165, 1.54) is 0 Å². The lowest BCUT2D eigenvalue weighted by Gasteiger charge is -2.15. The summed E-state index contributed by atoms with van der Waals surface area (Å²) in [6.07, 6.45) is -4.75. The first-order valence-corrected chi connectivity index (χ1v) is 6.67. The molecular weight excluding hydrogens is 331 g/mol. The largest absolute Gasteiger partial charge is 0.418 e. The minimum Gasteiger partial charge on any atom is -0.332 e. The third-order valence-corrected chi connectivity index (χ3v) is 3.00. The summed E-state index contributed by atoms with van der Waals surface area (Å²) in [4.78, 5) is 9.75. The molecule has 0 saturated carbocycles. The van der Waals surface area contributed by atoms with Gasteiger partial charge < -0.3 is 10.6 Å². The van der Waals surface area contributed by atoms with E-state index in [0.717, 1.165) is 12.1 Å². The molecule has 0 heterocycles. The molecule has 23 heavy (non-hydrogen) atoms. The quantitative estimate of drug-likeness (QED) is 0.491. The first-order chi connectivity index (χ1) is 10.8. The van der Waals surface area contributed by atoms with Gasteiger partial charge in [-0.25, -0.2) is 0 Å². The van der Waals surface area contributed by atoms with Crippen molar-refractivity contribution in [1.29, 1.82) is 0 Å². The van der Waals surface area contributed by atoms with Crippen molar-refractivity contribution in [3.8, 4) is 0 Å². The topological polar surface area (TPSA) is 67.2 Å². The average Bonchev–Trinajstić information content (AvgIpc) is 2.47. The molecule has 0 atom stereocenters. The smallest absolute Gasteiger partial charge is 0.332 e. The molecule has 0 aliphatic heterocycles. The van der Waals surface area contributed by atoms with Crippen LogP contribution in [0.1, 0.15) is 5.56 Å². The third kappa shape index (κ3) is 4.39. The number of hydrogen-bond acceptors (Lipinski definition) is 3. The summed E-state index contributed by atoms with van der Waals surface area (Å²) in [6.45, 7) is 0. The lowest BCUT2D eigenvalue weighted by molar-refractivity contribution is -0.385. The Morgan fingerprint density at radius 3 is 2.30 bits per heavy atom. The van der Waals surface area contributed by atoms with Crippen molar-refractivity contribution in [2.45, 2.75) is 6.18 Å². The van der Waals surface area contributed by atoms with Crippen molar-refractivity contribution >= 4 is 34.4 Å². The normalized spacial score (nSPS) is 10.9. The van der Waals surface area contributed by atoms with Crippen LogP contribution in [-0.2, 0) is 6.18 Å². The zero-order chi connectivity index (χ0) is 17.0. The average molecular weight is 341 g/mol. The van der Waals surface area contributed by atoms with Crippen LogP contribution in [-0.4, -0.2) is 10.0 Å². The van der Waals surface area contributed by atoms with E-state index in [2.05, 4.69) is 10.6 Å². The van der Waals surface area contributed by atoms with Crippen molar-refractivity contribution in [2.24, 2.45) is 0 Å². The summed E-state index contributed by atoms with van der Waals surface area (Å²) in [6, 6.07) is 11.0. The lowest BCUT2D eigenvalue weighted by Crippen LogP contribution is -2.21. The summed E-state index contributed by atoms with van der Waals surface area (Å²) in [5.74, 6) is 0. The summed E-state index contributed by atoms with van der Waals surface area (Å²) in [5.41, 5.74) is -1.58. The minimum absolute atomic E-state index is 0.0597. The third-order valence-electron chi connectivity index (χ3n) is 2.80. The predicted molar refractivity (Wildman–Crippen MR) is 84.4 cm³/mol. The summed E-state index contributed by atoms with van der Waals surface area (Å²) >= 11 is 4.96. The second-order valence-corrected chi connectivity index (χ2v) is 4.84. The van der Waals surface area contributed by atoms with Crippen molar-refractivity contribution < 1.29 is 18.1 Å². The fraction of sp³-hybridized carbons (Fsp3) is 0.0714. The van der Waals surface area contributed by atoms with Crippen LogP contribution in [0.15, 0.2) is 48.5 Å². The number of nitrogens with zero attached hydrogens (tertiary/aromatic N) is 1. The Morgan fingerprint density at radius 2 is 1.74 bits per heavy atom. The number of rotatable bonds is 3. The Kier molecular flexibility index (Phi) is 4.80. The van der Waals surface area contributed by atoms with Gasteiger partial charge in [0.2, 0.25) is 0 Å². The van der Waals surface area contributed by atoms with E-state index in [1.807, 2.05) is 0 Å². The number of benzene rings is 2. The number of nitro benzene ring substituents is 1. The molecule has 2 N–H and O–H groups in total. The van der Waals surface area contributed by atoms with Crippen molar-refractivity contribution in [2.75, 3.05) is 10.6 Å². The highest BCUT2D eigenvalue weighted by Gasteiger charge is 2.35. The van der Waals surface area contributed by atoms with Crippen LogP contribution < -0.4 is 10.6 Å². The van der Waals surface area contributed by atoms with Gasteiger partial charge in [-0.1, -0.05) is 18.2 Å². The summed E-state index contributed by atoms with van der Waals surface area (Å²) < 4.78 is 39.1. The van der Waals surface area contributed by atoms with Gasteiger partial charge in [-0.3, -0.25) is 10.1 Å². The molecule has 0 aliphatic carbocycles. The van der Waals surface area contributed by atoms with Gasteiger partial charge in [0.25, 0.3) is 5.69 Å². The van der Waals surface area contributed by atoms with Gasteiger partial charge in [-0.15, -0.1) is 0 Å². The van der Waals surface area contributed by atoms with Gasteiger partial charge in [0.1, 0.15) is 0 Å². The van der Waals surface area contributed by atoms with Gasteiger partial charge in [-0.2, -0.15) is 13.2 Å². The van der Waals surface area contributed by atoms with Crippen LogP contribution in [0.4, 0.5) is 30.2 Å². The molecule has 2 rings (SSSR count). The van der Waals surface area contributed by atoms with Crippen molar-refractivity contribution in [1.82, 2.24) is 0 Å². The number of non-ortho nitro benzene ring substituents is 1. The van der Waals surface area contributed by atoms with Crippen LogP contribution in [0.2, 0.25) is 0 Å². The molecular formula is C14H10F3N3O2S. The molecule has 0 bridgehead atoms. The highest BCUT2D eigenvalue weighted by atomic mass is 32.1. The molecule has 2 aromatic carbocycles. The molecule has 0 amide bonds. The van der Waals surface area contributed by atoms with Gasteiger partial charge >= 0.3 is 6.18 Å². The van der Waals surface area contributed by atoms with E-state index in [1.54, 1.807) is 30.3 Å². The number of alkyl halides is 3. The Morgan fingerprint density at radius 1 is 1.09 bits per heavy atom. The van der Waals surface area contributed by atoms with Gasteiger partial charge in [0.15, 0.2) is 5.11 Å². The number of anilines is 2. The van der Waals surface area contributed by atoms with Gasteiger partial charge in [0.05, 0.1) is 16.2 Å². The summed E-state index contributed by atoms with van der Waals surface area (Å²) in [7, 11) is 0. The minimum atomic E-state index is -4.75. The van der Waals surface area contributed by atoms with Crippen LogP contribution in [0.3, 0.4) is 0 Å². The van der Waals surface area contributed by atoms with E-state index < -0.39 is 22.4 Å². The van der Waals surface area contributed by atoms with Crippen molar-refractivity contribution in [3.05, 3.63) is 64.2 Å². The summed E-state index contributed by atoms with van der Waals surface area (Å²) in [5, 5.41) is 15.7. The SMILES string of the molecule is O=[N+]([O-])c1ccc(NC(=S)Nc2ccccc2)c(C(F)(F)F)c1. The van der Waals surface area contributed by atoms with E-state index in [-0.39, 0.29) is 10.8 Å². The molecule has 120 valence electrons. The first kappa shape index (κ1) is 16.7. The highest BCUT2D eigenvalue weighted by Crippen LogP contribution is 2.37. The van der Waals surface area contributed by atoms with Crippen molar-refractivity contribution in [3.63, 3.8) is 0 Å². The Bertz CT molecular complexity index is 736. The fourth-order valence-corrected chi connectivity index (χ4v) is 2.02. The van der Waals surface area contributed by atoms with Crippen LogP contribution in [0.25, 0.3) is 0 Å². The standard InChI is InChI=1S/C14H10F3N3O2S/c15-14(16,17)11-8-10(20(21)22)6-7-12(11)19-13(23)18-9-4-2-1-3-5-9/h1-8H,(H2,18,19,23). The van der Waals surface area contributed by atoms with E-state index >= 15 is 0 Å². The fourth-order valence-electron chi connectivity index (χ4n) is 1.80. The molecule has 0 aromatic heterocycles. The predicted octanol–water partition coefficient (Wildman–Crippen LogP) is 4.42. The maximum Gasteiger partial charge on any atom is 0.418 e. The van der Waals surface area contributed by atoms with E-state index in [0.29, 0.717) is 11.8 Å². The molecule has 0 fully saturated rings. The molecule has 9 heteroatoms. The maximum absolute atomic E-state index is 13.0. The van der Waals surface area contributed by atoms with Gasteiger partial charge in [-0.05, 0) is 30.4 Å². The lowest BCUT2D eigenvalue weighted by atomic mass is 10.1. The van der Waals surface area contributed by atoms with Crippen LogP contribution in [0, 0.1) is 10.1 Å². The molecule has 2 aromatic rings. The van der Waals surface area contributed by atoms with Crippen LogP contribution in [0.5, 0.6) is 0 Å². The molecule has 5 nitrogen and oxygen atoms in total. The first-order valence-electron chi connectivity index (χ1n) is 6.26. The highest BCUT2D eigenvalue weighted by molar-refractivity contribution is 7.80. The monoisotopic (exact) mass is 341 g/mol. The number of thiocarbonyl (C=S) groups is 1. The second-order valence-electron chi connectivity index (χ2n) is 4.43. The number of halogens is 3. The molecule has 0 aliphatic rings. The van der Waals surface area contributed by atoms with Gasteiger partial charge in [0, 0.05) is 17.8 Å². The molecule has 0 saturated heterocycles. The number of para-hydroxylation sites is 1. The zero-order valence-corrected chi connectivity index (χ0v) is 12.2. The van der Waals surface area contributed by atoms with Crippen LogP contribution >= 0.6 is 12.2 Å².